The molecule has 4 heterocycles. The SMILES string of the molecule is CCC[C@H]1[C@H]2C[C@H](CN(C(=O)c3[nH]c4c(c3C)C(=O)CCC4)C2)c2cccc(=O)n21. The van der Waals surface area contributed by atoms with Crippen molar-refractivity contribution in [3.05, 3.63) is 56.8 Å². The normalized spacial score (nSPS) is 25.1. The number of likely N-dealkylation sites (tertiary alicyclic amines) is 1. The number of pyridine rings is 1. The zero-order valence-electron chi connectivity index (χ0n) is 17.7. The largest absolute Gasteiger partial charge is 0.354 e. The summed E-state index contributed by atoms with van der Waals surface area (Å²) in [6.45, 7) is 5.33. The van der Waals surface area contributed by atoms with Crippen LogP contribution in [0.3, 0.4) is 0 Å². The first kappa shape index (κ1) is 19.3. The van der Waals surface area contributed by atoms with Gasteiger partial charge >= 0.3 is 0 Å². The van der Waals surface area contributed by atoms with Crippen molar-refractivity contribution in [2.24, 2.45) is 5.92 Å². The summed E-state index contributed by atoms with van der Waals surface area (Å²) in [5.41, 5.74) is 4.18. The molecule has 30 heavy (non-hydrogen) atoms. The summed E-state index contributed by atoms with van der Waals surface area (Å²) in [6.07, 6.45) is 5.21. The van der Waals surface area contributed by atoms with Crippen LogP contribution in [-0.4, -0.2) is 39.2 Å². The van der Waals surface area contributed by atoms with Gasteiger partial charge in [-0.05, 0) is 50.2 Å². The molecule has 3 aliphatic rings. The molecule has 3 atom stereocenters. The highest BCUT2D eigenvalue weighted by Crippen LogP contribution is 2.43. The molecule has 0 spiro atoms. The Kier molecular flexibility index (Phi) is 4.68. The van der Waals surface area contributed by atoms with Crippen molar-refractivity contribution >= 4 is 11.7 Å². The van der Waals surface area contributed by atoms with E-state index < -0.39 is 0 Å². The molecule has 1 saturated heterocycles. The molecule has 6 heteroatoms. The molecule has 1 N–H and O–H groups in total. The van der Waals surface area contributed by atoms with E-state index in [0.717, 1.165) is 54.6 Å². The van der Waals surface area contributed by atoms with Crippen molar-refractivity contribution in [2.45, 2.75) is 64.3 Å². The monoisotopic (exact) mass is 407 g/mol. The lowest BCUT2D eigenvalue weighted by molar-refractivity contribution is 0.0513. The second-order valence-electron chi connectivity index (χ2n) is 9.17. The highest BCUT2D eigenvalue weighted by Gasteiger charge is 2.42. The van der Waals surface area contributed by atoms with E-state index in [1.807, 2.05) is 22.5 Å². The molecular formula is C24H29N3O3. The topological polar surface area (TPSA) is 75.2 Å². The smallest absolute Gasteiger partial charge is 0.270 e. The van der Waals surface area contributed by atoms with Crippen LogP contribution in [-0.2, 0) is 6.42 Å². The van der Waals surface area contributed by atoms with Crippen molar-refractivity contribution in [3.63, 3.8) is 0 Å². The maximum atomic E-state index is 13.5. The fourth-order valence-corrected chi connectivity index (χ4v) is 6.02. The van der Waals surface area contributed by atoms with Gasteiger partial charge in [0.25, 0.3) is 11.5 Å². The molecule has 1 amide bonds. The third-order valence-corrected chi connectivity index (χ3v) is 7.32. The van der Waals surface area contributed by atoms with Gasteiger partial charge in [0, 0.05) is 54.5 Å². The summed E-state index contributed by atoms with van der Waals surface area (Å²) in [5.74, 6) is 0.607. The quantitative estimate of drug-likeness (QED) is 0.845. The maximum absolute atomic E-state index is 13.5. The molecule has 1 fully saturated rings. The molecular weight excluding hydrogens is 378 g/mol. The Morgan fingerprint density at radius 3 is 2.80 bits per heavy atom. The van der Waals surface area contributed by atoms with Crippen molar-refractivity contribution in [1.29, 1.82) is 0 Å². The molecule has 2 bridgehead atoms. The maximum Gasteiger partial charge on any atom is 0.270 e. The third kappa shape index (κ3) is 2.88. The fraction of sp³-hybridized carbons (Fsp3) is 0.542. The van der Waals surface area contributed by atoms with Gasteiger partial charge < -0.3 is 14.5 Å². The Bertz CT molecular complexity index is 1080. The minimum absolute atomic E-state index is 0.00798. The van der Waals surface area contributed by atoms with E-state index in [4.69, 9.17) is 0 Å². The van der Waals surface area contributed by atoms with Gasteiger partial charge in [-0.1, -0.05) is 19.4 Å². The number of nitrogens with zero attached hydrogens (tertiary/aromatic N) is 2. The second-order valence-corrected chi connectivity index (χ2v) is 9.17. The molecule has 2 aliphatic heterocycles. The van der Waals surface area contributed by atoms with Crippen LogP contribution in [0.1, 0.15) is 88.8 Å². The number of carbonyl (C=O) groups excluding carboxylic acids is 2. The number of rotatable bonds is 3. The average Bonchev–Trinajstić information content (AvgIpc) is 3.08. The van der Waals surface area contributed by atoms with Crippen molar-refractivity contribution in [1.82, 2.24) is 14.5 Å². The second kappa shape index (κ2) is 7.25. The zero-order valence-corrected chi connectivity index (χ0v) is 17.7. The first-order valence-corrected chi connectivity index (χ1v) is 11.2. The van der Waals surface area contributed by atoms with Crippen LogP contribution in [0.5, 0.6) is 0 Å². The van der Waals surface area contributed by atoms with E-state index in [-0.39, 0.29) is 35.1 Å². The molecule has 158 valence electrons. The van der Waals surface area contributed by atoms with Gasteiger partial charge in [0.1, 0.15) is 5.69 Å². The third-order valence-electron chi connectivity index (χ3n) is 7.32. The highest BCUT2D eigenvalue weighted by molar-refractivity contribution is 6.04. The first-order valence-electron chi connectivity index (χ1n) is 11.2. The summed E-state index contributed by atoms with van der Waals surface area (Å²) in [5, 5.41) is 0. The van der Waals surface area contributed by atoms with Crippen LogP contribution in [0, 0.1) is 12.8 Å². The van der Waals surface area contributed by atoms with Gasteiger partial charge in [-0.25, -0.2) is 0 Å². The van der Waals surface area contributed by atoms with Crippen LogP contribution in [0.25, 0.3) is 0 Å². The number of hydrogen-bond acceptors (Lipinski definition) is 3. The van der Waals surface area contributed by atoms with E-state index in [9.17, 15) is 14.4 Å². The number of hydrogen-bond donors (Lipinski definition) is 1. The van der Waals surface area contributed by atoms with Gasteiger partial charge in [0.15, 0.2) is 5.78 Å². The number of nitrogens with one attached hydrogen (secondary N) is 1. The van der Waals surface area contributed by atoms with Gasteiger partial charge in [-0.3, -0.25) is 14.4 Å². The number of amides is 1. The molecule has 2 aromatic heterocycles. The van der Waals surface area contributed by atoms with Crippen molar-refractivity contribution in [3.8, 4) is 0 Å². The molecule has 1 aliphatic carbocycles. The van der Waals surface area contributed by atoms with Crippen LogP contribution < -0.4 is 5.56 Å². The number of aryl methyl sites for hydroxylation is 1. The molecule has 0 unspecified atom stereocenters. The molecule has 5 rings (SSSR count). The van der Waals surface area contributed by atoms with Crippen molar-refractivity contribution < 1.29 is 9.59 Å². The Balaban J connectivity index is 1.50. The molecule has 2 aromatic rings. The molecule has 6 nitrogen and oxygen atoms in total. The Morgan fingerprint density at radius 2 is 2.03 bits per heavy atom. The number of aromatic amines is 1. The number of ketones is 1. The lowest BCUT2D eigenvalue weighted by Crippen LogP contribution is -2.51. The van der Waals surface area contributed by atoms with E-state index in [0.29, 0.717) is 25.2 Å². The van der Waals surface area contributed by atoms with Crippen molar-refractivity contribution in [2.75, 3.05) is 13.1 Å². The molecule has 0 saturated carbocycles. The van der Waals surface area contributed by atoms with Gasteiger partial charge in [0.2, 0.25) is 0 Å². The van der Waals surface area contributed by atoms with E-state index in [1.54, 1.807) is 6.07 Å². The van der Waals surface area contributed by atoms with Crippen LogP contribution >= 0.6 is 0 Å². The molecule has 0 aromatic carbocycles. The minimum Gasteiger partial charge on any atom is -0.354 e. The fourth-order valence-electron chi connectivity index (χ4n) is 6.02. The summed E-state index contributed by atoms with van der Waals surface area (Å²) in [4.78, 5) is 43.8. The Hall–Kier alpha value is -2.63. The lowest BCUT2D eigenvalue weighted by Gasteiger charge is -2.47. The summed E-state index contributed by atoms with van der Waals surface area (Å²) in [6, 6.07) is 5.69. The van der Waals surface area contributed by atoms with Crippen LogP contribution in [0.2, 0.25) is 0 Å². The number of fused-ring (bicyclic) bond motifs is 5. The van der Waals surface area contributed by atoms with Gasteiger partial charge in [-0.15, -0.1) is 0 Å². The Labute approximate surface area is 176 Å². The Morgan fingerprint density at radius 1 is 1.20 bits per heavy atom. The zero-order chi connectivity index (χ0) is 21.0. The number of H-pyrrole nitrogens is 1. The predicted octanol–water partition coefficient (Wildman–Crippen LogP) is 3.60. The van der Waals surface area contributed by atoms with E-state index in [2.05, 4.69) is 18.0 Å². The predicted molar refractivity (Wildman–Crippen MR) is 114 cm³/mol. The summed E-state index contributed by atoms with van der Waals surface area (Å²) in [7, 11) is 0. The van der Waals surface area contributed by atoms with Gasteiger partial charge in [0.05, 0.1) is 0 Å². The average molecular weight is 408 g/mol. The number of carbonyl (C=O) groups is 2. The molecule has 0 radical (unpaired) electrons. The van der Waals surface area contributed by atoms with Crippen LogP contribution in [0.15, 0.2) is 23.0 Å². The standard InChI is InChI=1S/C24H29N3O3/c1-3-6-18-15-11-16(19-8-5-10-21(29)27(18)19)13-26(12-15)24(30)23-14(2)22-17(25-23)7-4-9-20(22)28/h5,8,10,15-16,18,25H,3-4,6-7,9,11-13H2,1-2H3/t15-,16+,18-/m0/s1. The van der Waals surface area contributed by atoms with Gasteiger partial charge in [-0.2, -0.15) is 0 Å². The number of Topliss-reactive ketones (excluding diaryl/α,β-unsaturated/α-hetero) is 1. The minimum atomic E-state index is -0.00798. The lowest BCUT2D eigenvalue weighted by atomic mass is 9.77. The first-order chi connectivity index (χ1) is 14.5. The van der Waals surface area contributed by atoms with E-state index >= 15 is 0 Å². The summed E-state index contributed by atoms with van der Waals surface area (Å²) < 4.78 is 2.00. The summed E-state index contributed by atoms with van der Waals surface area (Å²) >= 11 is 0. The van der Waals surface area contributed by atoms with Crippen LogP contribution in [0.4, 0.5) is 0 Å². The van der Waals surface area contributed by atoms with E-state index in [1.165, 1.54) is 0 Å². The number of piperidine rings is 1. The highest BCUT2D eigenvalue weighted by atomic mass is 16.2. The number of aromatic nitrogens is 2.